The molecule has 3 aromatic rings. The highest BCUT2D eigenvalue weighted by Gasteiger charge is 2.33. The lowest BCUT2D eigenvalue weighted by Gasteiger charge is -2.27. The number of nitrogens with two attached hydrogens (primary N) is 1. The first-order chi connectivity index (χ1) is 15.5. The Kier molecular flexibility index (Phi) is 5.11. The summed E-state index contributed by atoms with van der Waals surface area (Å²) in [6.45, 7) is 0.417. The van der Waals surface area contributed by atoms with E-state index in [1.807, 2.05) is 24.3 Å². The molecule has 2 heterocycles. The molecule has 1 atom stereocenters. The molecular weight excluding hydrogens is 479 g/mol. The van der Waals surface area contributed by atoms with Crippen molar-refractivity contribution in [3.05, 3.63) is 93.0 Å². The minimum absolute atomic E-state index is 0.0524. The van der Waals surface area contributed by atoms with E-state index in [-0.39, 0.29) is 25.1 Å². The fourth-order valence-electron chi connectivity index (χ4n) is 3.75. The predicted octanol–water partition coefficient (Wildman–Crippen LogP) is 5.11. The van der Waals surface area contributed by atoms with Crippen LogP contribution in [0.3, 0.4) is 0 Å². The van der Waals surface area contributed by atoms with Crippen LogP contribution in [0, 0.1) is 17.1 Å². The van der Waals surface area contributed by atoms with E-state index in [9.17, 15) is 9.65 Å². The number of halogens is 2. The smallest absolute Gasteiger partial charge is 0.231 e. The normalized spacial score (nSPS) is 16.2. The first-order valence-electron chi connectivity index (χ1n) is 9.71. The Morgan fingerprint density at radius 1 is 1.06 bits per heavy atom. The molecule has 0 bridgehead atoms. The lowest BCUT2D eigenvalue weighted by Crippen LogP contribution is -2.21. The van der Waals surface area contributed by atoms with E-state index in [1.165, 1.54) is 12.1 Å². The molecule has 6 nitrogen and oxygen atoms in total. The molecule has 0 saturated heterocycles. The van der Waals surface area contributed by atoms with Crippen molar-refractivity contribution in [3.8, 4) is 29.1 Å². The van der Waals surface area contributed by atoms with E-state index < -0.39 is 5.92 Å². The monoisotopic (exact) mass is 494 g/mol. The second kappa shape index (κ2) is 8.09. The van der Waals surface area contributed by atoms with Crippen LogP contribution < -0.4 is 24.7 Å². The molecule has 2 aliphatic heterocycles. The van der Waals surface area contributed by atoms with Crippen LogP contribution in [-0.4, -0.2) is 6.79 Å². The summed E-state index contributed by atoms with van der Waals surface area (Å²) >= 11 is 3.55. The highest BCUT2D eigenvalue weighted by atomic mass is 79.9. The third-order valence-corrected chi connectivity index (χ3v) is 5.93. The van der Waals surface area contributed by atoms with Gasteiger partial charge in [-0.1, -0.05) is 18.2 Å². The standard InChI is InChI=1S/C24H16BrFN2O4/c25-18-7-14(3-6-19(18)29-11-13-1-4-15(26)5-2-13)23-16-8-21-22(31-12-30-21)9-20(16)32-24(28)17(23)10-27/h1-9,23H,11-12,28H2/t23-/m1/s1. The van der Waals surface area contributed by atoms with Gasteiger partial charge in [0.2, 0.25) is 12.7 Å². The zero-order chi connectivity index (χ0) is 22.2. The van der Waals surface area contributed by atoms with Crippen molar-refractivity contribution in [2.45, 2.75) is 12.5 Å². The maximum atomic E-state index is 13.1. The van der Waals surface area contributed by atoms with Gasteiger partial charge in [-0.15, -0.1) is 0 Å². The number of nitrogens with zero attached hydrogens (tertiary/aromatic N) is 1. The van der Waals surface area contributed by atoms with E-state index in [0.717, 1.165) is 16.7 Å². The summed E-state index contributed by atoms with van der Waals surface area (Å²) in [7, 11) is 0. The Morgan fingerprint density at radius 2 is 1.81 bits per heavy atom. The molecule has 0 radical (unpaired) electrons. The molecule has 0 aromatic heterocycles. The second-order valence-electron chi connectivity index (χ2n) is 7.27. The number of hydrogen-bond donors (Lipinski definition) is 1. The van der Waals surface area contributed by atoms with E-state index >= 15 is 0 Å². The molecule has 5 rings (SSSR count). The topological polar surface area (TPSA) is 86.7 Å². The molecule has 0 fully saturated rings. The van der Waals surface area contributed by atoms with Crippen molar-refractivity contribution in [2.75, 3.05) is 6.79 Å². The van der Waals surface area contributed by atoms with Crippen LogP contribution >= 0.6 is 15.9 Å². The average Bonchev–Trinajstić information content (AvgIpc) is 3.24. The van der Waals surface area contributed by atoms with Gasteiger partial charge in [0.1, 0.15) is 35.6 Å². The van der Waals surface area contributed by atoms with Gasteiger partial charge in [-0.2, -0.15) is 5.26 Å². The molecule has 0 spiro atoms. The molecule has 0 unspecified atom stereocenters. The maximum Gasteiger partial charge on any atom is 0.231 e. The SMILES string of the molecule is N#CC1=C(N)Oc2cc3c(cc2[C@H]1c1ccc(OCc2ccc(F)cc2)c(Br)c1)OCO3. The maximum absolute atomic E-state index is 13.1. The molecule has 8 heteroatoms. The zero-order valence-corrected chi connectivity index (χ0v) is 18.2. The van der Waals surface area contributed by atoms with Gasteiger partial charge >= 0.3 is 0 Å². The molecular formula is C24H16BrFN2O4. The van der Waals surface area contributed by atoms with Crippen LogP contribution in [0.15, 0.2) is 70.5 Å². The van der Waals surface area contributed by atoms with Gasteiger partial charge in [0, 0.05) is 11.6 Å². The summed E-state index contributed by atoms with van der Waals surface area (Å²) in [5, 5.41) is 9.78. The highest BCUT2D eigenvalue weighted by Crippen LogP contribution is 2.48. The molecule has 0 aliphatic carbocycles. The Hall–Kier alpha value is -3.70. The van der Waals surface area contributed by atoms with Gasteiger partial charge in [0.05, 0.1) is 10.4 Å². The van der Waals surface area contributed by atoms with Crippen LogP contribution in [0.4, 0.5) is 4.39 Å². The predicted molar refractivity (Wildman–Crippen MR) is 117 cm³/mol. The number of ether oxygens (including phenoxy) is 4. The van der Waals surface area contributed by atoms with Crippen LogP contribution in [0.5, 0.6) is 23.0 Å². The summed E-state index contributed by atoms with van der Waals surface area (Å²) < 4.78 is 36.3. The Bertz CT molecular complexity index is 1280. The number of rotatable bonds is 4. The van der Waals surface area contributed by atoms with E-state index in [4.69, 9.17) is 24.7 Å². The zero-order valence-electron chi connectivity index (χ0n) is 16.6. The first-order valence-corrected chi connectivity index (χ1v) is 10.5. The van der Waals surface area contributed by atoms with Crippen molar-refractivity contribution in [2.24, 2.45) is 5.73 Å². The van der Waals surface area contributed by atoms with Crippen LogP contribution in [0.2, 0.25) is 0 Å². The molecule has 0 amide bonds. The summed E-state index contributed by atoms with van der Waals surface area (Å²) in [5.41, 5.74) is 8.81. The summed E-state index contributed by atoms with van der Waals surface area (Å²) in [6, 6.07) is 17.4. The fourth-order valence-corrected chi connectivity index (χ4v) is 4.26. The Labute approximate surface area is 191 Å². The number of fused-ring (bicyclic) bond motifs is 2. The Balaban J connectivity index is 1.48. The van der Waals surface area contributed by atoms with Crippen molar-refractivity contribution < 1.29 is 23.3 Å². The van der Waals surface area contributed by atoms with Gasteiger partial charge in [0.25, 0.3) is 0 Å². The third kappa shape index (κ3) is 3.61. The molecule has 2 N–H and O–H groups in total. The van der Waals surface area contributed by atoms with Crippen molar-refractivity contribution >= 4 is 15.9 Å². The minimum atomic E-state index is -0.444. The molecule has 2 aliphatic rings. The average molecular weight is 495 g/mol. The Morgan fingerprint density at radius 3 is 2.53 bits per heavy atom. The van der Waals surface area contributed by atoms with Crippen molar-refractivity contribution in [1.82, 2.24) is 0 Å². The van der Waals surface area contributed by atoms with Crippen molar-refractivity contribution in [3.63, 3.8) is 0 Å². The first kappa shape index (κ1) is 20.2. The van der Waals surface area contributed by atoms with Crippen LogP contribution in [-0.2, 0) is 6.61 Å². The van der Waals surface area contributed by atoms with E-state index in [2.05, 4.69) is 22.0 Å². The second-order valence-corrected chi connectivity index (χ2v) is 8.13. The number of nitriles is 1. The van der Waals surface area contributed by atoms with Gasteiger partial charge < -0.3 is 24.7 Å². The highest BCUT2D eigenvalue weighted by molar-refractivity contribution is 9.10. The quantitative estimate of drug-likeness (QED) is 0.541. The van der Waals surface area contributed by atoms with Crippen LogP contribution in [0.25, 0.3) is 0 Å². The number of benzene rings is 3. The fraction of sp³-hybridized carbons (Fsp3) is 0.125. The van der Waals surface area contributed by atoms with Gasteiger partial charge in [-0.25, -0.2) is 4.39 Å². The van der Waals surface area contributed by atoms with E-state index in [1.54, 1.807) is 18.2 Å². The van der Waals surface area contributed by atoms with Gasteiger partial charge in [0.15, 0.2) is 11.5 Å². The summed E-state index contributed by atoms with van der Waals surface area (Å²) in [6.07, 6.45) is 0. The van der Waals surface area contributed by atoms with Crippen LogP contribution in [0.1, 0.15) is 22.6 Å². The van der Waals surface area contributed by atoms with Gasteiger partial charge in [-0.3, -0.25) is 0 Å². The summed E-state index contributed by atoms with van der Waals surface area (Å²) in [4.78, 5) is 0. The lowest BCUT2D eigenvalue weighted by atomic mass is 9.83. The van der Waals surface area contributed by atoms with Crippen molar-refractivity contribution in [1.29, 1.82) is 5.26 Å². The minimum Gasteiger partial charge on any atom is -0.488 e. The molecule has 3 aromatic carbocycles. The van der Waals surface area contributed by atoms with E-state index in [0.29, 0.717) is 33.0 Å². The lowest BCUT2D eigenvalue weighted by molar-refractivity contribution is 0.174. The largest absolute Gasteiger partial charge is 0.488 e. The molecule has 0 saturated carbocycles. The number of hydrogen-bond acceptors (Lipinski definition) is 6. The van der Waals surface area contributed by atoms with Gasteiger partial charge in [-0.05, 0) is 57.4 Å². The molecule has 160 valence electrons. The third-order valence-electron chi connectivity index (χ3n) is 5.31. The molecule has 32 heavy (non-hydrogen) atoms. The number of allylic oxidation sites excluding steroid dienone is 1. The summed E-state index contributed by atoms with van der Waals surface area (Å²) in [5.74, 6) is 1.61.